The largest absolute Gasteiger partial charge is 0.461 e. The van der Waals surface area contributed by atoms with Crippen molar-refractivity contribution >= 4 is 41.8 Å². The Labute approximate surface area is 493 Å². The molecule has 10 atom stereocenters. The van der Waals surface area contributed by atoms with E-state index in [9.17, 15) is 33.6 Å². The summed E-state index contributed by atoms with van der Waals surface area (Å²) in [6, 6.07) is 61.8. The van der Waals surface area contributed by atoms with E-state index in [0.717, 1.165) is 5.56 Å². The van der Waals surface area contributed by atoms with Gasteiger partial charge in [-0.2, -0.15) is 0 Å². The average molecular weight is 1160 g/mol. The van der Waals surface area contributed by atoms with Gasteiger partial charge in [0.2, 0.25) is 12.4 Å². The fourth-order valence-corrected chi connectivity index (χ4v) is 9.42. The van der Waals surface area contributed by atoms with Gasteiger partial charge in [0.1, 0.15) is 37.3 Å². The Bertz CT molecular complexity index is 3560. The van der Waals surface area contributed by atoms with E-state index in [4.69, 9.17) is 52.1 Å². The van der Waals surface area contributed by atoms with Crippen molar-refractivity contribution in [2.75, 3.05) is 13.2 Å². The van der Waals surface area contributed by atoms with Crippen LogP contribution in [0.1, 0.15) is 78.1 Å². The first kappa shape index (κ1) is 58.9. The maximum Gasteiger partial charge on any atom is 0.338 e. The van der Waals surface area contributed by atoms with Crippen molar-refractivity contribution in [3.05, 3.63) is 281 Å². The molecule has 8 aromatic carbocycles. The third-order valence-electron chi connectivity index (χ3n) is 13.8. The fourth-order valence-electron chi connectivity index (χ4n) is 9.42. The van der Waals surface area contributed by atoms with Gasteiger partial charge in [-0.1, -0.05) is 145 Å². The van der Waals surface area contributed by atoms with Gasteiger partial charge >= 0.3 is 41.8 Å². The van der Waals surface area contributed by atoms with Crippen molar-refractivity contribution < 1.29 is 85.7 Å². The lowest BCUT2D eigenvalue weighted by molar-refractivity contribution is -0.349. The molecule has 2 heterocycles. The van der Waals surface area contributed by atoms with Gasteiger partial charge in [-0.25, -0.2) is 33.6 Å². The van der Waals surface area contributed by atoms with E-state index in [2.05, 4.69) is 0 Å². The molecule has 18 nitrogen and oxygen atoms in total. The van der Waals surface area contributed by atoms with Crippen LogP contribution in [0.15, 0.2) is 237 Å². The first-order chi connectivity index (χ1) is 41.9. The second-order valence-corrected chi connectivity index (χ2v) is 19.7. The normalized spacial score (nSPS) is 21.5. The molecule has 0 radical (unpaired) electrons. The Morgan fingerprint density at radius 1 is 0.302 bits per heavy atom. The molecule has 0 N–H and O–H groups in total. The highest BCUT2D eigenvalue weighted by Gasteiger charge is 2.59. The van der Waals surface area contributed by atoms with Gasteiger partial charge in [0.25, 0.3) is 0 Å². The van der Waals surface area contributed by atoms with Gasteiger partial charge in [-0.15, -0.1) is 0 Å². The molecule has 2 fully saturated rings. The highest BCUT2D eigenvalue weighted by molar-refractivity contribution is 5.93. The van der Waals surface area contributed by atoms with E-state index in [1.165, 1.54) is 84.9 Å². The molecular formula is C68H56O18. The Morgan fingerprint density at radius 3 is 0.919 bits per heavy atom. The molecule has 18 heteroatoms. The van der Waals surface area contributed by atoms with Gasteiger partial charge in [0.15, 0.2) is 30.7 Å². The minimum Gasteiger partial charge on any atom is -0.461 e. The molecule has 0 amide bonds. The molecule has 0 saturated carbocycles. The molecule has 436 valence electrons. The molecule has 0 aromatic heterocycles. The first-order valence-corrected chi connectivity index (χ1v) is 27.4. The number of carbonyl (C=O) groups is 7. The van der Waals surface area contributed by atoms with Crippen LogP contribution >= 0.6 is 0 Å². The molecule has 2 aliphatic heterocycles. The molecule has 8 aromatic rings. The summed E-state index contributed by atoms with van der Waals surface area (Å²) < 4.78 is 70.8. The van der Waals surface area contributed by atoms with Crippen molar-refractivity contribution in [3.8, 4) is 5.75 Å². The third-order valence-corrected chi connectivity index (χ3v) is 13.8. The van der Waals surface area contributed by atoms with Crippen molar-refractivity contribution in [2.24, 2.45) is 0 Å². The average Bonchev–Trinajstić information content (AvgIpc) is 2.29. The monoisotopic (exact) mass is 1160 g/mol. The summed E-state index contributed by atoms with van der Waals surface area (Å²) in [5.41, 5.74) is 1.31. The van der Waals surface area contributed by atoms with Crippen molar-refractivity contribution in [2.45, 2.75) is 68.3 Å². The van der Waals surface area contributed by atoms with E-state index >= 15 is 0 Å². The maximum absolute atomic E-state index is 14.7. The summed E-state index contributed by atoms with van der Waals surface area (Å²) >= 11 is 0. The number of ether oxygens (including phenoxy) is 11. The van der Waals surface area contributed by atoms with Crippen LogP contribution in [0.5, 0.6) is 5.75 Å². The number of hydrogen-bond donors (Lipinski definition) is 0. The second kappa shape index (κ2) is 28.3. The molecule has 2 aliphatic rings. The SMILES string of the molecule is Cc1ccc(O[C@H]2O[C@H](COC(=O)c3ccccc3)[C@@H](O[C@@H]3O[C@H](COC(=O)c4ccccc4)[C@H](OC(=O)c4ccccc4)[C@H](OC(=O)c4ccccc4)[C@H]3OC(=O)c3ccccc3)[C@H](OC(=O)c3ccccc3)[C@H]2OC(=O)c2ccccc2)cc1. The van der Waals surface area contributed by atoms with Gasteiger partial charge in [-0.3, -0.25) is 0 Å². The lowest BCUT2D eigenvalue weighted by Crippen LogP contribution is -2.67. The lowest BCUT2D eigenvalue weighted by atomic mass is 9.95. The van der Waals surface area contributed by atoms with Crippen LogP contribution in [-0.2, 0) is 47.4 Å². The van der Waals surface area contributed by atoms with Crippen LogP contribution in [0.3, 0.4) is 0 Å². The molecule has 2 saturated heterocycles. The minimum atomic E-state index is -2.07. The van der Waals surface area contributed by atoms with E-state index in [-0.39, 0.29) is 44.7 Å². The maximum atomic E-state index is 14.7. The summed E-state index contributed by atoms with van der Waals surface area (Å²) in [4.78, 5) is 101. The minimum absolute atomic E-state index is 0.00137. The Balaban J connectivity index is 1.14. The summed E-state index contributed by atoms with van der Waals surface area (Å²) in [6.07, 6.45) is -18.2. The number of esters is 7. The molecule has 0 bridgehead atoms. The summed E-state index contributed by atoms with van der Waals surface area (Å²) in [5, 5.41) is 0. The first-order valence-electron chi connectivity index (χ1n) is 27.4. The van der Waals surface area contributed by atoms with E-state index in [0.29, 0.717) is 0 Å². The smallest absolute Gasteiger partial charge is 0.338 e. The Morgan fingerprint density at radius 2 is 0.570 bits per heavy atom. The number of benzene rings is 8. The third kappa shape index (κ3) is 14.9. The quantitative estimate of drug-likeness (QED) is 0.0511. The number of carbonyl (C=O) groups excluding carboxylic acids is 7. The van der Waals surface area contributed by atoms with Crippen molar-refractivity contribution in [3.63, 3.8) is 0 Å². The van der Waals surface area contributed by atoms with Gasteiger partial charge in [0.05, 0.1) is 38.9 Å². The van der Waals surface area contributed by atoms with E-state index < -0.39 is 116 Å². The molecule has 10 rings (SSSR count). The highest BCUT2D eigenvalue weighted by Crippen LogP contribution is 2.38. The van der Waals surface area contributed by atoms with Gasteiger partial charge < -0.3 is 52.1 Å². The molecule has 0 aliphatic carbocycles. The van der Waals surface area contributed by atoms with Crippen LogP contribution in [0, 0.1) is 6.92 Å². The van der Waals surface area contributed by atoms with Gasteiger partial charge in [-0.05, 0) is 104 Å². The van der Waals surface area contributed by atoms with Crippen LogP contribution in [0.2, 0.25) is 0 Å². The zero-order chi connectivity index (χ0) is 59.8. The predicted molar refractivity (Wildman–Crippen MR) is 306 cm³/mol. The van der Waals surface area contributed by atoms with E-state index in [1.54, 1.807) is 152 Å². The number of hydrogen-bond acceptors (Lipinski definition) is 18. The molecular weight excluding hydrogens is 1100 g/mol. The van der Waals surface area contributed by atoms with Crippen LogP contribution in [0.4, 0.5) is 0 Å². The van der Waals surface area contributed by atoms with Crippen molar-refractivity contribution in [1.29, 1.82) is 0 Å². The Hall–Kier alpha value is -10.3. The summed E-state index contributed by atoms with van der Waals surface area (Å²) in [7, 11) is 0. The fraction of sp³-hybridized carbons (Fsp3) is 0.191. The summed E-state index contributed by atoms with van der Waals surface area (Å²) in [6.45, 7) is 0.421. The second-order valence-electron chi connectivity index (χ2n) is 19.7. The number of aryl methyl sites for hydroxylation is 1. The lowest BCUT2D eigenvalue weighted by Gasteiger charge is -2.48. The van der Waals surface area contributed by atoms with Crippen LogP contribution < -0.4 is 4.74 Å². The summed E-state index contributed by atoms with van der Waals surface area (Å²) in [5.74, 6) is -6.31. The van der Waals surface area contributed by atoms with Crippen LogP contribution in [0.25, 0.3) is 0 Å². The van der Waals surface area contributed by atoms with Crippen LogP contribution in [-0.4, -0.2) is 116 Å². The molecule has 86 heavy (non-hydrogen) atoms. The van der Waals surface area contributed by atoms with Gasteiger partial charge in [0, 0.05) is 0 Å². The number of rotatable bonds is 20. The standard InChI is InChI=1S/C68H56O18/c1-43-37-39-51(40-38-43)78-67-58(84-65(74)49-33-19-7-20-34-49)57(83-64(73)48-31-17-6-18-32-48)55(53(79-67)42-77-61(70)45-25-11-3-12-26-45)86-68-59(85-66(75)50-35-21-8-22-36-50)56(82-63(72)47-29-15-5-16-30-47)54(81-62(71)46-27-13-4-14-28-46)52(80-68)41-76-60(69)44-23-9-2-10-24-44/h2-40,52-59,67-68H,41-42H2,1H3/t52-,53-,54+,55-,56+,57+,58-,59-,67+,68+/m1/s1. The zero-order valence-electron chi connectivity index (χ0n) is 46.1. The highest BCUT2D eigenvalue weighted by atomic mass is 16.8. The van der Waals surface area contributed by atoms with E-state index in [1.807, 2.05) is 6.92 Å². The molecule has 0 spiro atoms. The zero-order valence-corrected chi connectivity index (χ0v) is 46.1. The molecule has 0 unspecified atom stereocenters. The Kier molecular flexibility index (Phi) is 19.4. The topological polar surface area (TPSA) is 221 Å². The predicted octanol–water partition coefficient (Wildman–Crippen LogP) is 10.1. The van der Waals surface area contributed by atoms with Crippen molar-refractivity contribution in [1.82, 2.24) is 0 Å².